The van der Waals surface area contributed by atoms with Crippen LogP contribution in [0, 0.1) is 0 Å². The number of benzene rings is 1. The Balaban J connectivity index is 1.84. The third-order valence-electron chi connectivity index (χ3n) is 4.76. The van der Waals surface area contributed by atoms with Gasteiger partial charge in [0.1, 0.15) is 5.82 Å². The van der Waals surface area contributed by atoms with Gasteiger partial charge in [-0.15, -0.1) is 5.10 Å². The van der Waals surface area contributed by atoms with Gasteiger partial charge >= 0.3 is 0 Å². The highest BCUT2D eigenvalue weighted by atomic mass is 35.5. The van der Waals surface area contributed by atoms with Crippen molar-refractivity contribution in [1.29, 1.82) is 0 Å². The molecule has 1 fully saturated rings. The second-order valence-corrected chi connectivity index (χ2v) is 8.43. The smallest absolute Gasteiger partial charge is 0.184 e. The summed E-state index contributed by atoms with van der Waals surface area (Å²) in [4.78, 5) is 11.6. The van der Waals surface area contributed by atoms with E-state index in [1.807, 2.05) is 24.3 Å². The Morgan fingerprint density at radius 3 is 2.67 bits per heavy atom. The molecule has 4 rings (SSSR count). The van der Waals surface area contributed by atoms with Gasteiger partial charge in [-0.05, 0) is 18.1 Å². The van der Waals surface area contributed by atoms with Crippen LogP contribution in [0.2, 0.25) is 5.02 Å². The van der Waals surface area contributed by atoms with Crippen LogP contribution < -0.4 is 4.90 Å². The molecule has 0 radical (unpaired) electrons. The van der Waals surface area contributed by atoms with Crippen LogP contribution in [-0.2, 0) is 12.0 Å². The van der Waals surface area contributed by atoms with E-state index in [9.17, 15) is 5.11 Å². The van der Waals surface area contributed by atoms with Crippen LogP contribution in [0.15, 0.2) is 24.3 Å². The maximum absolute atomic E-state index is 9.95. The van der Waals surface area contributed by atoms with Crippen LogP contribution in [0.5, 0.6) is 0 Å². The zero-order valence-electron chi connectivity index (χ0n) is 15.7. The SMILES string of the molecule is CC(C)(C)c1nc(N2CC[C@@H](O)C2)c2nnn(Cc3ccccc3Cl)c2n1. The molecule has 27 heavy (non-hydrogen) atoms. The van der Waals surface area contributed by atoms with Crippen LogP contribution in [0.25, 0.3) is 11.2 Å². The van der Waals surface area contributed by atoms with Crippen molar-refractivity contribution >= 4 is 28.6 Å². The first-order valence-electron chi connectivity index (χ1n) is 9.11. The third kappa shape index (κ3) is 3.49. The van der Waals surface area contributed by atoms with Crippen LogP contribution >= 0.6 is 11.6 Å². The van der Waals surface area contributed by atoms with E-state index in [0.29, 0.717) is 29.3 Å². The molecule has 8 heteroatoms. The summed E-state index contributed by atoms with van der Waals surface area (Å²) in [6, 6.07) is 7.69. The molecule has 3 aromatic rings. The number of anilines is 1. The molecule has 7 nitrogen and oxygen atoms in total. The first-order chi connectivity index (χ1) is 12.8. The molecule has 0 saturated carbocycles. The van der Waals surface area contributed by atoms with E-state index in [-0.39, 0.29) is 11.5 Å². The summed E-state index contributed by atoms with van der Waals surface area (Å²) in [5.41, 5.74) is 2.08. The van der Waals surface area contributed by atoms with Gasteiger partial charge in [0.25, 0.3) is 0 Å². The lowest BCUT2D eigenvalue weighted by atomic mass is 9.96. The first kappa shape index (κ1) is 18.1. The molecule has 1 saturated heterocycles. The van der Waals surface area contributed by atoms with Crippen molar-refractivity contribution in [3.63, 3.8) is 0 Å². The van der Waals surface area contributed by atoms with Gasteiger partial charge in [0.05, 0.1) is 12.6 Å². The van der Waals surface area contributed by atoms with Crippen LogP contribution in [-0.4, -0.2) is 49.3 Å². The van der Waals surface area contributed by atoms with Crippen molar-refractivity contribution in [3.05, 3.63) is 40.7 Å². The van der Waals surface area contributed by atoms with Crippen molar-refractivity contribution in [2.24, 2.45) is 0 Å². The lowest BCUT2D eigenvalue weighted by Crippen LogP contribution is -2.25. The van der Waals surface area contributed by atoms with Gasteiger partial charge in [-0.25, -0.2) is 14.6 Å². The van der Waals surface area contributed by atoms with Gasteiger partial charge in [-0.3, -0.25) is 0 Å². The number of aliphatic hydroxyl groups is 1. The number of fused-ring (bicyclic) bond motifs is 1. The molecule has 3 heterocycles. The van der Waals surface area contributed by atoms with Crippen LogP contribution in [0.1, 0.15) is 38.6 Å². The van der Waals surface area contributed by atoms with Gasteiger partial charge in [0.2, 0.25) is 0 Å². The van der Waals surface area contributed by atoms with E-state index >= 15 is 0 Å². The molecule has 0 bridgehead atoms. The minimum atomic E-state index is -0.341. The molecule has 0 aliphatic carbocycles. The third-order valence-corrected chi connectivity index (χ3v) is 5.12. The molecule has 2 aromatic heterocycles. The van der Waals surface area contributed by atoms with Crippen molar-refractivity contribution in [1.82, 2.24) is 25.0 Å². The Morgan fingerprint density at radius 2 is 2.00 bits per heavy atom. The van der Waals surface area contributed by atoms with E-state index in [2.05, 4.69) is 36.0 Å². The van der Waals surface area contributed by atoms with Gasteiger partial charge in [0.15, 0.2) is 17.0 Å². The van der Waals surface area contributed by atoms with Gasteiger partial charge in [-0.1, -0.05) is 55.8 Å². The Kier molecular flexibility index (Phi) is 4.52. The Labute approximate surface area is 163 Å². The number of halogens is 1. The Hall–Kier alpha value is -2.25. The molecule has 1 aliphatic rings. The summed E-state index contributed by atoms with van der Waals surface area (Å²) in [5.74, 6) is 1.47. The maximum atomic E-state index is 9.95. The van der Waals surface area contributed by atoms with E-state index in [0.717, 1.165) is 30.2 Å². The second kappa shape index (κ2) is 6.73. The molecule has 1 aliphatic heterocycles. The van der Waals surface area contributed by atoms with Gasteiger partial charge in [-0.2, -0.15) is 0 Å². The van der Waals surface area contributed by atoms with E-state index < -0.39 is 0 Å². The predicted octanol–water partition coefficient (Wildman–Crippen LogP) is 2.79. The summed E-state index contributed by atoms with van der Waals surface area (Å²) < 4.78 is 1.77. The second-order valence-electron chi connectivity index (χ2n) is 8.02. The summed E-state index contributed by atoms with van der Waals surface area (Å²) in [5, 5.41) is 19.3. The zero-order valence-corrected chi connectivity index (χ0v) is 16.5. The maximum Gasteiger partial charge on any atom is 0.184 e. The number of hydrogen-bond acceptors (Lipinski definition) is 6. The number of aliphatic hydroxyl groups excluding tert-OH is 1. The van der Waals surface area contributed by atoms with Crippen LogP contribution in [0.3, 0.4) is 0 Å². The lowest BCUT2D eigenvalue weighted by molar-refractivity contribution is 0.198. The Morgan fingerprint density at radius 1 is 1.22 bits per heavy atom. The highest BCUT2D eigenvalue weighted by Crippen LogP contribution is 2.29. The molecular weight excluding hydrogens is 364 g/mol. The first-order valence-corrected chi connectivity index (χ1v) is 9.49. The molecule has 0 spiro atoms. The van der Waals surface area contributed by atoms with E-state index in [4.69, 9.17) is 21.6 Å². The fourth-order valence-corrected chi connectivity index (χ4v) is 3.42. The van der Waals surface area contributed by atoms with Crippen LogP contribution in [0.4, 0.5) is 5.82 Å². The van der Waals surface area contributed by atoms with E-state index in [1.165, 1.54) is 0 Å². The summed E-state index contributed by atoms with van der Waals surface area (Å²) in [6.07, 6.45) is 0.385. The molecule has 1 atom stereocenters. The Bertz CT molecular complexity index is 980. The normalized spacial score (nSPS) is 17.8. The van der Waals surface area contributed by atoms with Crippen molar-refractivity contribution in [2.75, 3.05) is 18.0 Å². The molecule has 142 valence electrons. The molecule has 1 N–H and O–H groups in total. The average Bonchev–Trinajstić information content (AvgIpc) is 3.22. The summed E-state index contributed by atoms with van der Waals surface area (Å²) in [6.45, 7) is 8.02. The molecular formula is C19H23ClN6O. The topological polar surface area (TPSA) is 80.0 Å². The minimum absolute atomic E-state index is 0.221. The quantitative estimate of drug-likeness (QED) is 0.745. The highest BCUT2D eigenvalue weighted by Gasteiger charge is 2.28. The zero-order chi connectivity index (χ0) is 19.2. The minimum Gasteiger partial charge on any atom is -0.391 e. The average molecular weight is 387 g/mol. The fraction of sp³-hybridized carbons (Fsp3) is 0.474. The molecule has 1 aromatic carbocycles. The lowest BCUT2D eigenvalue weighted by Gasteiger charge is -2.22. The number of nitrogens with zero attached hydrogens (tertiary/aromatic N) is 6. The summed E-state index contributed by atoms with van der Waals surface area (Å²) >= 11 is 6.32. The number of aromatic nitrogens is 5. The highest BCUT2D eigenvalue weighted by molar-refractivity contribution is 6.31. The standard InChI is InChI=1S/C19H23ClN6O/c1-19(2,3)18-21-16(25-9-8-13(27)11-25)15-17(22-18)26(24-23-15)10-12-6-4-5-7-14(12)20/h4-7,13,27H,8-11H2,1-3H3/t13-/m1/s1. The number of hydrogen-bond donors (Lipinski definition) is 1. The monoisotopic (exact) mass is 386 g/mol. The van der Waals surface area contributed by atoms with E-state index in [1.54, 1.807) is 4.68 Å². The fourth-order valence-electron chi connectivity index (χ4n) is 3.23. The molecule has 0 amide bonds. The predicted molar refractivity (Wildman–Crippen MR) is 105 cm³/mol. The van der Waals surface area contributed by atoms with Gasteiger partial charge < -0.3 is 10.0 Å². The molecule has 0 unspecified atom stereocenters. The van der Waals surface area contributed by atoms with Gasteiger partial charge in [0, 0.05) is 23.5 Å². The van der Waals surface area contributed by atoms with Crippen molar-refractivity contribution < 1.29 is 5.11 Å². The largest absolute Gasteiger partial charge is 0.391 e. The van der Waals surface area contributed by atoms with Crippen molar-refractivity contribution in [3.8, 4) is 0 Å². The number of β-amino-alcohol motifs (C(OH)–C–C–N with tert-alkyl or cyclic N) is 1. The van der Waals surface area contributed by atoms with Crippen molar-refractivity contribution in [2.45, 2.75) is 45.3 Å². The number of rotatable bonds is 3. The summed E-state index contributed by atoms with van der Waals surface area (Å²) in [7, 11) is 0.